The fourth-order valence-electron chi connectivity index (χ4n) is 5.96. The summed E-state index contributed by atoms with van der Waals surface area (Å²) in [7, 11) is 0. The van der Waals surface area contributed by atoms with Crippen LogP contribution in [0.4, 0.5) is 0 Å². The van der Waals surface area contributed by atoms with E-state index in [0.29, 0.717) is 12.3 Å². The molecule has 0 bridgehead atoms. The summed E-state index contributed by atoms with van der Waals surface area (Å²) in [4.78, 5) is 13.5. The number of benzene rings is 4. The maximum Gasteiger partial charge on any atom is 0.162 e. The third kappa shape index (κ3) is 5.31. The molecule has 1 unspecified atom stereocenters. The molecule has 0 saturated heterocycles. The molecule has 0 fully saturated rings. The summed E-state index contributed by atoms with van der Waals surface area (Å²) < 4.78 is 0. The van der Waals surface area contributed by atoms with E-state index < -0.39 is 0 Å². The first-order valence-electron chi connectivity index (χ1n) is 13.8. The second kappa shape index (κ2) is 10.7. The first kappa shape index (κ1) is 24.2. The molecule has 1 heterocycles. The minimum absolute atomic E-state index is 0.243. The van der Waals surface area contributed by atoms with Crippen LogP contribution in [0.2, 0.25) is 0 Å². The molecule has 0 radical (unpaired) electrons. The van der Waals surface area contributed by atoms with Crippen molar-refractivity contribution in [1.82, 2.24) is 0 Å². The van der Waals surface area contributed by atoms with Crippen molar-refractivity contribution in [1.29, 1.82) is 0 Å². The Morgan fingerprint density at radius 1 is 0.838 bits per heavy atom. The molecule has 1 atom stereocenters. The van der Waals surface area contributed by atoms with Crippen LogP contribution < -0.4 is 0 Å². The van der Waals surface area contributed by atoms with Gasteiger partial charge in [0.2, 0.25) is 0 Å². The zero-order valence-corrected chi connectivity index (χ0v) is 22.5. The highest BCUT2D eigenvalue weighted by molar-refractivity contribution is 7.99. The molecule has 0 spiro atoms. The lowest BCUT2D eigenvalue weighted by atomic mass is 9.87. The van der Waals surface area contributed by atoms with Gasteiger partial charge in [0.05, 0.1) is 0 Å². The predicted octanol–water partition coefficient (Wildman–Crippen LogP) is 8.85. The van der Waals surface area contributed by atoms with Gasteiger partial charge in [0.25, 0.3) is 0 Å². The Bertz CT molecular complexity index is 1440. The molecular weight excluding hydrogens is 468 g/mol. The molecule has 1 nitrogen and oxygen atoms in total. The first-order chi connectivity index (χ1) is 18.2. The summed E-state index contributed by atoms with van der Waals surface area (Å²) in [5, 5.41) is 0. The van der Waals surface area contributed by atoms with Crippen LogP contribution in [-0.2, 0) is 25.7 Å². The van der Waals surface area contributed by atoms with Crippen LogP contribution in [0.15, 0.2) is 89.8 Å². The van der Waals surface area contributed by atoms with E-state index in [1.54, 1.807) is 5.56 Å². The smallest absolute Gasteiger partial charge is 0.162 e. The summed E-state index contributed by atoms with van der Waals surface area (Å²) in [5.74, 6) is 1.96. The lowest BCUT2D eigenvalue weighted by Crippen LogP contribution is -2.10. The molecule has 3 aromatic rings. The highest BCUT2D eigenvalue weighted by Crippen LogP contribution is 2.43. The predicted molar refractivity (Wildman–Crippen MR) is 156 cm³/mol. The summed E-state index contributed by atoms with van der Waals surface area (Å²) in [5.41, 5.74) is 12.7. The molecule has 37 heavy (non-hydrogen) atoms. The highest BCUT2D eigenvalue weighted by atomic mass is 32.2. The van der Waals surface area contributed by atoms with E-state index in [9.17, 15) is 4.79 Å². The van der Waals surface area contributed by atoms with Crippen molar-refractivity contribution in [3.63, 3.8) is 0 Å². The Morgan fingerprint density at radius 2 is 1.65 bits per heavy atom. The van der Waals surface area contributed by atoms with Gasteiger partial charge in [0.15, 0.2) is 5.78 Å². The van der Waals surface area contributed by atoms with Gasteiger partial charge >= 0.3 is 0 Å². The van der Waals surface area contributed by atoms with Gasteiger partial charge in [-0.1, -0.05) is 79.7 Å². The van der Waals surface area contributed by atoms with E-state index >= 15 is 0 Å². The van der Waals surface area contributed by atoms with Crippen LogP contribution in [0.1, 0.15) is 75.8 Å². The number of hydrogen-bond donors (Lipinski definition) is 0. The van der Waals surface area contributed by atoms with E-state index in [1.807, 2.05) is 18.7 Å². The molecule has 1 aliphatic heterocycles. The van der Waals surface area contributed by atoms with Crippen molar-refractivity contribution in [2.75, 3.05) is 5.75 Å². The van der Waals surface area contributed by atoms with Crippen LogP contribution in [0.5, 0.6) is 0 Å². The summed E-state index contributed by atoms with van der Waals surface area (Å²) in [6, 6.07) is 31.1. The van der Waals surface area contributed by atoms with Crippen molar-refractivity contribution in [3.05, 3.63) is 124 Å². The lowest BCUT2D eigenvalue weighted by Gasteiger charge is -2.26. The Balaban J connectivity index is 1.16. The second-order valence-electron chi connectivity index (χ2n) is 10.5. The Morgan fingerprint density at radius 3 is 2.49 bits per heavy atom. The molecule has 0 N–H and O–H groups in total. The highest BCUT2D eigenvalue weighted by Gasteiger charge is 2.24. The van der Waals surface area contributed by atoms with Crippen LogP contribution in [0.25, 0.3) is 11.1 Å². The zero-order chi connectivity index (χ0) is 25.2. The number of hydrogen-bond acceptors (Lipinski definition) is 2. The molecule has 2 heteroatoms. The van der Waals surface area contributed by atoms with Gasteiger partial charge in [-0.3, -0.25) is 4.79 Å². The molecule has 0 saturated carbocycles. The van der Waals surface area contributed by atoms with Crippen LogP contribution >= 0.6 is 11.8 Å². The van der Waals surface area contributed by atoms with Crippen LogP contribution in [0, 0.1) is 0 Å². The monoisotopic (exact) mass is 502 g/mol. The largest absolute Gasteiger partial charge is 0.294 e. The first-order valence-corrected chi connectivity index (χ1v) is 14.7. The molecule has 2 aliphatic carbocycles. The number of ketones is 1. The fourth-order valence-corrected chi connectivity index (χ4v) is 7.20. The Kier molecular flexibility index (Phi) is 7.02. The topological polar surface area (TPSA) is 17.1 Å². The molecule has 3 aromatic carbocycles. The van der Waals surface area contributed by atoms with Crippen LogP contribution in [0.3, 0.4) is 0 Å². The van der Waals surface area contributed by atoms with E-state index in [4.69, 9.17) is 0 Å². The van der Waals surface area contributed by atoms with Gasteiger partial charge in [-0.15, -0.1) is 11.8 Å². The SMILES string of the molecule is CCC(=O)c1ccc2c(c1)SCCC2CCc1ccccc1Cc1cc2cc-2c1CCc1ccccc1. The summed E-state index contributed by atoms with van der Waals surface area (Å²) in [6.07, 6.45) is 7.31. The van der Waals surface area contributed by atoms with Crippen molar-refractivity contribution in [3.8, 4) is 11.1 Å². The third-order valence-electron chi connectivity index (χ3n) is 8.16. The lowest BCUT2D eigenvalue weighted by molar-refractivity contribution is 0.0988. The Hall–Kier alpha value is -3.10. The minimum Gasteiger partial charge on any atom is -0.294 e. The second-order valence-corrected chi connectivity index (χ2v) is 11.6. The average molecular weight is 503 g/mol. The van der Waals surface area contributed by atoms with Gasteiger partial charge in [-0.2, -0.15) is 0 Å². The minimum atomic E-state index is 0.243. The van der Waals surface area contributed by atoms with Gasteiger partial charge in [0.1, 0.15) is 0 Å². The number of fused-ring (bicyclic) bond motifs is 2. The molecule has 0 aromatic heterocycles. The van der Waals surface area contributed by atoms with Crippen molar-refractivity contribution < 1.29 is 4.79 Å². The van der Waals surface area contributed by atoms with Crippen molar-refractivity contribution >= 4 is 17.5 Å². The Labute approximate surface area is 225 Å². The number of carbonyl (C=O) groups excluding carboxylic acids is 1. The van der Waals surface area contributed by atoms with E-state index in [1.165, 1.54) is 50.3 Å². The molecular formula is C35H34OS. The quantitative estimate of drug-likeness (QED) is 0.177. The average Bonchev–Trinajstić information content (AvgIpc) is 3.63. The van der Waals surface area contributed by atoms with Gasteiger partial charge < -0.3 is 0 Å². The number of thioether (sulfide) groups is 1. The number of aryl methyl sites for hydroxylation is 2. The molecule has 6 rings (SSSR count). The summed E-state index contributed by atoms with van der Waals surface area (Å²) in [6.45, 7) is 1.94. The van der Waals surface area contributed by atoms with Crippen LogP contribution in [-0.4, -0.2) is 11.5 Å². The number of carbonyl (C=O) groups is 1. The number of rotatable bonds is 10. The van der Waals surface area contributed by atoms with E-state index in [-0.39, 0.29) is 5.78 Å². The molecule has 3 aliphatic rings. The third-order valence-corrected chi connectivity index (χ3v) is 9.26. The van der Waals surface area contributed by atoms with Crippen molar-refractivity contribution in [2.45, 2.75) is 62.7 Å². The van der Waals surface area contributed by atoms with Gasteiger partial charge in [-0.25, -0.2) is 0 Å². The maximum absolute atomic E-state index is 12.2. The van der Waals surface area contributed by atoms with Gasteiger partial charge in [0, 0.05) is 16.9 Å². The van der Waals surface area contributed by atoms with Gasteiger partial charge in [-0.05, 0) is 107 Å². The van der Waals surface area contributed by atoms with E-state index in [0.717, 1.165) is 43.4 Å². The number of Topliss-reactive ketones (excluding diaryl/α,β-unsaturated/α-hetero) is 1. The van der Waals surface area contributed by atoms with Crippen molar-refractivity contribution in [2.24, 2.45) is 0 Å². The normalized spacial score (nSPS) is 15.3. The van der Waals surface area contributed by atoms with E-state index in [2.05, 4.69) is 84.9 Å². The fraction of sp³-hybridized carbons (Fsp3) is 0.286. The standard InChI is InChI=1S/C35H34OS/c1-2-34(36)28-15-17-32-26(18-19-37-35(32)23-28)14-13-25-10-6-7-11-27(25)20-29-21-30-22-33(30)31(29)16-12-24-8-4-3-5-9-24/h3-11,15,17,21-23,26H,2,12-14,16,18-20H2,1H3. The zero-order valence-electron chi connectivity index (χ0n) is 21.6. The molecule has 186 valence electrons. The molecule has 0 amide bonds. The summed E-state index contributed by atoms with van der Waals surface area (Å²) >= 11 is 1.92. The maximum atomic E-state index is 12.2.